The van der Waals surface area contributed by atoms with Crippen molar-refractivity contribution in [1.29, 1.82) is 0 Å². The molecule has 0 aromatic heterocycles. The van der Waals surface area contributed by atoms with E-state index in [4.69, 9.17) is 4.74 Å². The lowest BCUT2D eigenvalue weighted by Crippen LogP contribution is -2.38. The van der Waals surface area contributed by atoms with E-state index in [2.05, 4.69) is 15.5 Å². The van der Waals surface area contributed by atoms with E-state index in [9.17, 15) is 9.18 Å². The van der Waals surface area contributed by atoms with Crippen molar-refractivity contribution in [2.75, 3.05) is 38.6 Å². The number of rotatable bonds is 8. The quantitative estimate of drug-likeness (QED) is 0.651. The number of nitrogens with one attached hydrogen (secondary N) is 2. The molecule has 156 valence electrons. The minimum atomic E-state index is -0.208. The number of ether oxygens (including phenoxy) is 1. The van der Waals surface area contributed by atoms with Crippen molar-refractivity contribution in [1.82, 2.24) is 10.2 Å². The average molecular weight is 400 g/mol. The Bertz CT molecular complexity index is 799. The minimum Gasteiger partial charge on any atom is -0.497 e. The summed E-state index contributed by atoms with van der Waals surface area (Å²) in [6.07, 6.45) is 4.19. The van der Waals surface area contributed by atoms with Gasteiger partial charge in [-0.1, -0.05) is 18.2 Å². The molecule has 1 unspecified atom stereocenters. The lowest BCUT2D eigenvalue weighted by Gasteiger charge is -2.32. The second-order valence-electron chi connectivity index (χ2n) is 7.61. The van der Waals surface area contributed by atoms with Gasteiger partial charge in [0, 0.05) is 24.8 Å². The van der Waals surface area contributed by atoms with E-state index >= 15 is 0 Å². The third kappa shape index (κ3) is 7.06. The fraction of sp³-hybridized carbons (Fsp3) is 0.435. The summed E-state index contributed by atoms with van der Waals surface area (Å²) in [7, 11) is 1.60. The molecule has 6 heteroatoms. The van der Waals surface area contributed by atoms with Gasteiger partial charge in [-0.25, -0.2) is 9.18 Å². The number of benzene rings is 2. The number of carbonyl (C=O) groups excluding carboxylic acids is 1. The van der Waals surface area contributed by atoms with Gasteiger partial charge >= 0.3 is 6.03 Å². The number of methoxy groups -OCH3 is 1. The number of anilines is 1. The number of nitrogens with zero attached hydrogens (tertiary/aromatic N) is 1. The molecule has 5 nitrogen and oxygen atoms in total. The van der Waals surface area contributed by atoms with Gasteiger partial charge in [-0.15, -0.1) is 0 Å². The fourth-order valence-electron chi connectivity index (χ4n) is 3.90. The molecule has 2 N–H and O–H groups in total. The van der Waals surface area contributed by atoms with Gasteiger partial charge in [-0.2, -0.15) is 0 Å². The second kappa shape index (κ2) is 10.8. The highest BCUT2D eigenvalue weighted by molar-refractivity contribution is 5.89. The Morgan fingerprint density at radius 1 is 1.24 bits per heavy atom. The van der Waals surface area contributed by atoms with Crippen LogP contribution in [0.4, 0.5) is 14.9 Å². The van der Waals surface area contributed by atoms with Crippen LogP contribution < -0.4 is 15.4 Å². The monoisotopic (exact) mass is 399 g/mol. The van der Waals surface area contributed by atoms with Crippen molar-refractivity contribution in [3.05, 3.63) is 59.9 Å². The van der Waals surface area contributed by atoms with Crippen LogP contribution in [0.25, 0.3) is 0 Å². The van der Waals surface area contributed by atoms with Crippen molar-refractivity contribution in [2.24, 2.45) is 5.92 Å². The number of amides is 2. The Kier molecular flexibility index (Phi) is 7.87. The molecule has 0 saturated carbocycles. The molecule has 1 saturated heterocycles. The van der Waals surface area contributed by atoms with Crippen molar-refractivity contribution in [3.8, 4) is 5.75 Å². The molecule has 0 bridgehead atoms. The SMILES string of the molecule is COc1cccc(NC(=O)NCCCN2CCCC(Cc3cccc(F)c3)C2)c1. The molecule has 1 aliphatic rings. The molecule has 0 aliphatic carbocycles. The molecule has 1 fully saturated rings. The zero-order chi connectivity index (χ0) is 20.5. The van der Waals surface area contributed by atoms with Gasteiger partial charge in [0.1, 0.15) is 11.6 Å². The zero-order valence-corrected chi connectivity index (χ0v) is 17.0. The van der Waals surface area contributed by atoms with Gasteiger partial charge in [0.05, 0.1) is 7.11 Å². The van der Waals surface area contributed by atoms with Crippen LogP contribution in [0.1, 0.15) is 24.8 Å². The summed E-state index contributed by atoms with van der Waals surface area (Å²) in [6, 6.07) is 14.0. The van der Waals surface area contributed by atoms with Crippen LogP contribution in [-0.4, -0.2) is 44.2 Å². The highest BCUT2D eigenvalue weighted by Gasteiger charge is 2.20. The van der Waals surface area contributed by atoms with E-state index < -0.39 is 0 Å². The maximum Gasteiger partial charge on any atom is 0.319 e. The Labute approximate surface area is 172 Å². The molecular formula is C23H30FN3O2. The molecule has 0 radical (unpaired) electrons. The Morgan fingerprint density at radius 3 is 2.93 bits per heavy atom. The standard InChI is InChI=1S/C23H30FN3O2/c1-29-22-10-3-9-21(16-22)26-23(28)25-11-5-13-27-12-4-7-19(17-27)14-18-6-2-8-20(24)15-18/h2-3,6,8-10,15-16,19H,4-5,7,11-14,17H2,1H3,(H2,25,26,28). The normalized spacial score (nSPS) is 17.0. The summed E-state index contributed by atoms with van der Waals surface area (Å²) < 4.78 is 18.5. The third-order valence-electron chi connectivity index (χ3n) is 5.28. The van der Waals surface area contributed by atoms with E-state index in [1.807, 2.05) is 24.3 Å². The predicted octanol–water partition coefficient (Wildman–Crippen LogP) is 4.30. The maximum absolute atomic E-state index is 13.4. The van der Waals surface area contributed by atoms with Gasteiger partial charge in [0.25, 0.3) is 0 Å². The number of urea groups is 1. The van der Waals surface area contributed by atoms with Gasteiger partial charge < -0.3 is 20.3 Å². The van der Waals surface area contributed by atoms with Crippen LogP contribution in [-0.2, 0) is 6.42 Å². The molecule has 3 rings (SSSR count). The van der Waals surface area contributed by atoms with Crippen molar-refractivity contribution in [3.63, 3.8) is 0 Å². The van der Waals surface area contributed by atoms with Crippen molar-refractivity contribution >= 4 is 11.7 Å². The van der Waals surface area contributed by atoms with E-state index in [-0.39, 0.29) is 11.8 Å². The lowest BCUT2D eigenvalue weighted by molar-refractivity contribution is 0.172. The maximum atomic E-state index is 13.4. The second-order valence-corrected chi connectivity index (χ2v) is 7.61. The number of halogens is 1. The molecule has 2 amide bonds. The number of piperidine rings is 1. The topological polar surface area (TPSA) is 53.6 Å². The van der Waals surface area contributed by atoms with E-state index in [1.54, 1.807) is 25.3 Å². The number of hydrogen-bond donors (Lipinski definition) is 2. The molecular weight excluding hydrogens is 369 g/mol. The van der Waals surface area contributed by atoms with Crippen molar-refractivity contribution in [2.45, 2.75) is 25.7 Å². The first-order valence-electron chi connectivity index (χ1n) is 10.3. The minimum absolute atomic E-state index is 0.159. The van der Waals surface area contributed by atoms with E-state index in [0.29, 0.717) is 23.9 Å². The summed E-state index contributed by atoms with van der Waals surface area (Å²) in [5, 5.41) is 5.73. The number of carbonyl (C=O) groups is 1. The molecule has 1 heterocycles. The molecule has 0 spiro atoms. The van der Waals surface area contributed by atoms with Gasteiger partial charge in [0.2, 0.25) is 0 Å². The number of likely N-dealkylation sites (tertiary alicyclic amines) is 1. The third-order valence-corrected chi connectivity index (χ3v) is 5.28. The van der Waals surface area contributed by atoms with Gasteiger partial charge in [-0.3, -0.25) is 0 Å². The summed E-state index contributed by atoms with van der Waals surface area (Å²) in [5.41, 5.74) is 1.78. The first-order valence-corrected chi connectivity index (χ1v) is 10.3. The van der Waals surface area contributed by atoms with Gasteiger partial charge in [0.15, 0.2) is 0 Å². The van der Waals surface area contributed by atoms with Crippen LogP contribution in [0.3, 0.4) is 0 Å². The van der Waals surface area contributed by atoms with E-state index in [1.165, 1.54) is 18.9 Å². The summed E-state index contributed by atoms with van der Waals surface area (Å²) in [5.74, 6) is 1.11. The van der Waals surface area contributed by atoms with Crippen LogP contribution in [0.2, 0.25) is 0 Å². The van der Waals surface area contributed by atoms with Gasteiger partial charge in [-0.05, 0) is 74.5 Å². The van der Waals surface area contributed by atoms with Crippen LogP contribution in [0, 0.1) is 11.7 Å². The molecule has 1 atom stereocenters. The lowest BCUT2D eigenvalue weighted by atomic mass is 9.91. The molecule has 1 aliphatic heterocycles. The summed E-state index contributed by atoms with van der Waals surface area (Å²) >= 11 is 0. The Hall–Kier alpha value is -2.60. The average Bonchev–Trinajstić information content (AvgIpc) is 2.72. The predicted molar refractivity (Wildman–Crippen MR) is 114 cm³/mol. The Balaban J connectivity index is 1.35. The fourth-order valence-corrected chi connectivity index (χ4v) is 3.90. The van der Waals surface area contributed by atoms with Crippen LogP contribution in [0.15, 0.2) is 48.5 Å². The first kappa shape index (κ1) is 21.1. The highest BCUT2D eigenvalue weighted by Crippen LogP contribution is 2.21. The molecule has 2 aromatic carbocycles. The Morgan fingerprint density at radius 2 is 2.10 bits per heavy atom. The van der Waals surface area contributed by atoms with Crippen LogP contribution in [0.5, 0.6) is 5.75 Å². The first-order chi connectivity index (χ1) is 14.1. The highest BCUT2D eigenvalue weighted by atomic mass is 19.1. The summed E-state index contributed by atoms with van der Waals surface area (Å²) in [4.78, 5) is 14.5. The van der Waals surface area contributed by atoms with Crippen molar-refractivity contribution < 1.29 is 13.9 Å². The largest absolute Gasteiger partial charge is 0.497 e. The smallest absolute Gasteiger partial charge is 0.319 e. The molecule has 29 heavy (non-hydrogen) atoms. The summed E-state index contributed by atoms with van der Waals surface area (Å²) in [6.45, 7) is 3.71. The zero-order valence-electron chi connectivity index (χ0n) is 17.0. The molecule has 2 aromatic rings. The van der Waals surface area contributed by atoms with E-state index in [0.717, 1.165) is 38.0 Å². The number of hydrogen-bond acceptors (Lipinski definition) is 3. The van der Waals surface area contributed by atoms with Crippen LogP contribution >= 0.6 is 0 Å².